The highest BCUT2D eigenvalue weighted by Crippen LogP contribution is 2.33. The summed E-state index contributed by atoms with van der Waals surface area (Å²) in [5, 5.41) is 8.62. The molecule has 7 heteroatoms. The molecule has 1 aliphatic heterocycles. The van der Waals surface area contributed by atoms with Crippen LogP contribution in [0.25, 0.3) is 10.8 Å². The number of aromatic nitrogens is 4. The van der Waals surface area contributed by atoms with Crippen molar-refractivity contribution >= 4 is 16.7 Å². The van der Waals surface area contributed by atoms with Gasteiger partial charge in [0.05, 0.1) is 17.7 Å². The van der Waals surface area contributed by atoms with Crippen LogP contribution < -0.4 is 0 Å². The summed E-state index contributed by atoms with van der Waals surface area (Å²) >= 11 is 0. The molecule has 1 N–H and O–H groups in total. The smallest absolute Gasteiger partial charge is 0.256 e. The van der Waals surface area contributed by atoms with Crippen molar-refractivity contribution in [3.05, 3.63) is 54.4 Å². The Hall–Kier alpha value is -2.80. The van der Waals surface area contributed by atoms with Gasteiger partial charge in [-0.3, -0.25) is 14.9 Å². The molecule has 0 unspecified atom stereocenters. The van der Waals surface area contributed by atoms with E-state index < -0.39 is 0 Å². The minimum atomic E-state index is -0.177. The highest BCUT2D eigenvalue weighted by molar-refractivity contribution is 6.06. The van der Waals surface area contributed by atoms with Gasteiger partial charge in [0, 0.05) is 37.9 Å². The number of methoxy groups -OCH3 is 1. The Morgan fingerprint density at radius 1 is 1.33 bits per heavy atom. The van der Waals surface area contributed by atoms with E-state index in [2.05, 4.69) is 20.2 Å². The SMILES string of the molecule is CO[C@@H]1C[C@@H](c2ncn[nH]2)N(C(=O)c2cncc3ccccc23)C1. The summed E-state index contributed by atoms with van der Waals surface area (Å²) in [5.74, 6) is 0.608. The Balaban J connectivity index is 1.74. The Bertz CT molecular complexity index is 859. The number of nitrogens with one attached hydrogen (secondary N) is 1. The van der Waals surface area contributed by atoms with Gasteiger partial charge in [0.1, 0.15) is 12.2 Å². The summed E-state index contributed by atoms with van der Waals surface area (Å²) < 4.78 is 5.47. The highest BCUT2D eigenvalue weighted by Gasteiger charge is 2.38. The van der Waals surface area contributed by atoms with E-state index >= 15 is 0 Å². The normalized spacial score (nSPS) is 20.6. The zero-order valence-corrected chi connectivity index (χ0v) is 13.2. The number of hydrogen-bond donors (Lipinski definition) is 1. The number of H-pyrrole nitrogens is 1. The molecule has 1 amide bonds. The van der Waals surface area contributed by atoms with E-state index in [0.717, 1.165) is 10.8 Å². The molecule has 2 aromatic heterocycles. The van der Waals surface area contributed by atoms with Gasteiger partial charge < -0.3 is 9.64 Å². The molecular formula is C17H17N5O2. The fourth-order valence-corrected chi connectivity index (χ4v) is 3.27. The van der Waals surface area contributed by atoms with Crippen molar-refractivity contribution in [2.75, 3.05) is 13.7 Å². The lowest BCUT2D eigenvalue weighted by atomic mass is 10.1. The summed E-state index contributed by atoms with van der Waals surface area (Å²) in [6, 6.07) is 7.58. The van der Waals surface area contributed by atoms with Gasteiger partial charge in [-0.1, -0.05) is 24.3 Å². The molecule has 0 bridgehead atoms. The molecule has 7 nitrogen and oxygen atoms in total. The first-order chi connectivity index (χ1) is 11.8. The van der Waals surface area contributed by atoms with Crippen molar-refractivity contribution in [2.45, 2.75) is 18.6 Å². The molecule has 24 heavy (non-hydrogen) atoms. The number of carbonyl (C=O) groups is 1. The fourth-order valence-electron chi connectivity index (χ4n) is 3.27. The van der Waals surface area contributed by atoms with Gasteiger partial charge in [-0.15, -0.1) is 0 Å². The van der Waals surface area contributed by atoms with Crippen LogP contribution in [0.15, 0.2) is 43.0 Å². The van der Waals surface area contributed by atoms with Crippen LogP contribution in [0.4, 0.5) is 0 Å². The topological polar surface area (TPSA) is 84.0 Å². The Morgan fingerprint density at radius 2 is 2.21 bits per heavy atom. The van der Waals surface area contributed by atoms with Gasteiger partial charge in [-0.05, 0) is 5.39 Å². The molecule has 122 valence electrons. The number of nitrogens with zero attached hydrogens (tertiary/aromatic N) is 4. The van der Waals surface area contributed by atoms with Crippen LogP contribution in [0, 0.1) is 0 Å². The highest BCUT2D eigenvalue weighted by atomic mass is 16.5. The van der Waals surface area contributed by atoms with E-state index in [9.17, 15) is 4.79 Å². The minimum Gasteiger partial charge on any atom is -0.380 e. The summed E-state index contributed by atoms with van der Waals surface area (Å²) in [5.41, 5.74) is 0.592. The lowest BCUT2D eigenvalue weighted by Gasteiger charge is -2.23. The number of likely N-dealkylation sites (tertiary alicyclic amines) is 1. The molecule has 1 fully saturated rings. The average Bonchev–Trinajstić information content (AvgIpc) is 3.29. The van der Waals surface area contributed by atoms with Crippen LogP contribution in [-0.4, -0.2) is 50.7 Å². The summed E-state index contributed by atoms with van der Waals surface area (Å²) in [4.78, 5) is 23.4. The van der Waals surface area contributed by atoms with Crippen LogP contribution in [0.5, 0.6) is 0 Å². The standard InChI is InChI=1S/C17H17N5O2/c1-24-12-6-15(16-19-10-20-21-16)22(9-12)17(23)14-8-18-7-11-4-2-3-5-13(11)14/h2-5,7-8,10,12,15H,6,9H2,1H3,(H,19,20,21)/t12-,15+/m1/s1. The van der Waals surface area contributed by atoms with Crippen LogP contribution in [0.3, 0.4) is 0 Å². The molecule has 3 heterocycles. The molecule has 3 aromatic rings. The maximum Gasteiger partial charge on any atom is 0.256 e. The predicted octanol–water partition coefficient (Wildman–Crippen LogP) is 1.96. The van der Waals surface area contributed by atoms with Crippen molar-refractivity contribution in [3.63, 3.8) is 0 Å². The number of rotatable bonds is 3. The first kappa shape index (κ1) is 14.8. The number of benzene rings is 1. The summed E-state index contributed by atoms with van der Waals surface area (Å²) in [6.07, 6.45) is 5.52. The first-order valence-corrected chi connectivity index (χ1v) is 7.79. The van der Waals surface area contributed by atoms with E-state index in [1.165, 1.54) is 6.33 Å². The van der Waals surface area contributed by atoms with E-state index in [-0.39, 0.29) is 18.1 Å². The monoisotopic (exact) mass is 323 g/mol. The second-order valence-corrected chi connectivity index (χ2v) is 5.85. The van der Waals surface area contributed by atoms with Gasteiger partial charge in [-0.2, -0.15) is 5.10 Å². The molecule has 1 aromatic carbocycles. The fraction of sp³-hybridized carbons (Fsp3) is 0.294. The van der Waals surface area contributed by atoms with Gasteiger partial charge in [0.25, 0.3) is 5.91 Å². The average molecular weight is 323 g/mol. The number of aromatic amines is 1. The number of fused-ring (bicyclic) bond motifs is 1. The van der Waals surface area contributed by atoms with Crippen molar-refractivity contribution in [3.8, 4) is 0 Å². The number of carbonyl (C=O) groups excluding carboxylic acids is 1. The molecule has 0 spiro atoms. The predicted molar refractivity (Wildman–Crippen MR) is 87.3 cm³/mol. The maximum absolute atomic E-state index is 13.2. The number of amides is 1. The van der Waals surface area contributed by atoms with Crippen LogP contribution in [-0.2, 0) is 4.74 Å². The lowest BCUT2D eigenvalue weighted by Crippen LogP contribution is -2.32. The zero-order valence-electron chi connectivity index (χ0n) is 13.2. The second-order valence-electron chi connectivity index (χ2n) is 5.85. The van der Waals surface area contributed by atoms with Crippen LogP contribution in [0.1, 0.15) is 28.6 Å². The molecule has 1 aliphatic rings. The van der Waals surface area contributed by atoms with Crippen molar-refractivity contribution in [2.24, 2.45) is 0 Å². The van der Waals surface area contributed by atoms with Gasteiger partial charge in [-0.25, -0.2) is 4.98 Å². The first-order valence-electron chi connectivity index (χ1n) is 7.79. The summed E-state index contributed by atoms with van der Waals surface area (Å²) in [7, 11) is 1.66. The third kappa shape index (κ3) is 2.43. The van der Waals surface area contributed by atoms with Crippen molar-refractivity contribution in [1.82, 2.24) is 25.1 Å². The zero-order chi connectivity index (χ0) is 16.5. The molecule has 1 saturated heterocycles. The Kier molecular flexibility index (Phi) is 3.70. The van der Waals surface area contributed by atoms with E-state index in [1.807, 2.05) is 24.3 Å². The maximum atomic E-state index is 13.2. The van der Waals surface area contributed by atoms with Gasteiger partial charge in [0.2, 0.25) is 0 Å². The van der Waals surface area contributed by atoms with Crippen LogP contribution in [0.2, 0.25) is 0 Å². The third-order valence-corrected chi connectivity index (χ3v) is 4.50. The molecule has 4 rings (SSSR count). The van der Waals surface area contributed by atoms with Crippen molar-refractivity contribution in [1.29, 1.82) is 0 Å². The molecule has 0 aliphatic carbocycles. The van der Waals surface area contributed by atoms with E-state index in [4.69, 9.17) is 4.74 Å². The number of pyridine rings is 1. The lowest BCUT2D eigenvalue weighted by molar-refractivity contribution is 0.0686. The second kappa shape index (κ2) is 6.01. The number of ether oxygens (including phenoxy) is 1. The minimum absolute atomic E-state index is 0.0213. The molecular weight excluding hydrogens is 306 g/mol. The quantitative estimate of drug-likeness (QED) is 0.796. The van der Waals surface area contributed by atoms with Crippen molar-refractivity contribution < 1.29 is 9.53 Å². The third-order valence-electron chi connectivity index (χ3n) is 4.50. The van der Waals surface area contributed by atoms with Gasteiger partial charge in [0.15, 0.2) is 0 Å². The van der Waals surface area contributed by atoms with E-state index in [0.29, 0.717) is 24.4 Å². The summed E-state index contributed by atoms with van der Waals surface area (Å²) in [6.45, 7) is 0.518. The number of hydrogen-bond acceptors (Lipinski definition) is 5. The van der Waals surface area contributed by atoms with Crippen LogP contribution >= 0.6 is 0 Å². The molecule has 0 radical (unpaired) electrons. The Labute approximate surface area is 138 Å². The molecule has 2 atom stereocenters. The molecule has 0 saturated carbocycles. The van der Waals surface area contributed by atoms with Gasteiger partial charge >= 0.3 is 0 Å². The Morgan fingerprint density at radius 3 is 3.00 bits per heavy atom. The van der Waals surface area contributed by atoms with E-state index in [1.54, 1.807) is 24.4 Å². The largest absolute Gasteiger partial charge is 0.380 e.